The summed E-state index contributed by atoms with van der Waals surface area (Å²) in [4.78, 5) is 0. The lowest BCUT2D eigenvalue weighted by molar-refractivity contribution is 0.146. The normalized spacial score (nSPS) is 9.25. The van der Waals surface area contributed by atoms with E-state index in [9.17, 15) is 0 Å². The number of rotatable bonds is 4. The van der Waals surface area contributed by atoms with Crippen molar-refractivity contribution in [2.75, 3.05) is 32.6 Å². The Kier molecular flexibility index (Phi) is 8.29. The van der Waals surface area contributed by atoms with Crippen molar-refractivity contribution < 1.29 is 9.47 Å². The Bertz CT molecular complexity index is 290. The molecule has 0 heterocycles. The van der Waals surface area contributed by atoms with Gasteiger partial charge in [0.25, 0.3) is 0 Å². The van der Waals surface area contributed by atoms with Gasteiger partial charge in [0.15, 0.2) is 0 Å². The van der Waals surface area contributed by atoms with Gasteiger partial charge in [-0.15, -0.1) is 0 Å². The zero-order valence-corrected chi connectivity index (χ0v) is 10.3. The summed E-state index contributed by atoms with van der Waals surface area (Å²) in [5, 5.41) is 0. The number of hydrogen-bond acceptors (Lipinski definition) is 4. The maximum atomic E-state index is 5.66. The molecule has 4 heteroatoms. The van der Waals surface area contributed by atoms with Crippen LogP contribution in [0.15, 0.2) is 18.2 Å². The number of ether oxygens (including phenoxy) is 2. The molecule has 92 valence electrons. The smallest absolute Gasteiger partial charge is 0.119 e. The molecule has 0 aliphatic rings. The van der Waals surface area contributed by atoms with Gasteiger partial charge in [-0.1, -0.05) is 6.92 Å². The van der Waals surface area contributed by atoms with E-state index in [4.69, 9.17) is 20.9 Å². The van der Waals surface area contributed by atoms with Crippen LogP contribution in [0.2, 0.25) is 0 Å². The third kappa shape index (κ3) is 6.27. The Morgan fingerprint density at radius 3 is 2.38 bits per heavy atom. The summed E-state index contributed by atoms with van der Waals surface area (Å²) in [5.41, 5.74) is 12.3. The highest BCUT2D eigenvalue weighted by Gasteiger charge is 1.96. The van der Waals surface area contributed by atoms with Gasteiger partial charge in [0, 0.05) is 12.8 Å². The van der Waals surface area contributed by atoms with Crippen LogP contribution in [-0.2, 0) is 4.74 Å². The molecule has 16 heavy (non-hydrogen) atoms. The second-order valence-corrected chi connectivity index (χ2v) is 3.27. The molecule has 0 aliphatic heterocycles. The molecule has 0 radical (unpaired) electrons. The molecule has 0 saturated heterocycles. The van der Waals surface area contributed by atoms with Crippen LogP contribution in [0, 0.1) is 6.92 Å². The maximum absolute atomic E-state index is 5.66. The Morgan fingerprint density at radius 1 is 1.25 bits per heavy atom. The Balaban J connectivity index is 0.000000673. The Morgan fingerprint density at radius 2 is 1.88 bits per heavy atom. The number of methoxy groups -OCH3 is 1. The molecule has 0 saturated carbocycles. The number of aryl methyl sites for hydroxylation is 1. The first-order chi connectivity index (χ1) is 7.65. The van der Waals surface area contributed by atoms with Gasteiger partial charge in [-0.25, -0.2) is 0 Å². The summed E-state index contributed by atoms with van der Waals surface area (Å²) in [6.45, 7) is 5.78. The predicted molar refractivity (Wildman–Crippen MR) is 67.7 cm³/mol. The third-order valence-corrected chi connectivity index (χ3v) is 1.80. The Labute approximate surface area is 97.5 Å². The zero-order chi connectivity index (χ0) is 12.4. The molecule has 0 atom stereocenters. The minimum Gasteiger partial charge on any atom is -0.491 e. The van der Waals surface area contributed by atoms with E-state index in [1.807, 2.05) is 32.0 Å². The average molecular weight is 226 g/mol. The first-order valence-electron chi connectivity index (χ1n) is 5.33. The largest absolute Gasteiger partial charge is 0.491 e. The summed E-state index contributed by atoms with van der Waals surface area (Å²) in [5.74, 6) is 0.837. The number of nitrogen functional groups attached to an aromatic ring is 1. The van der Waals surface area contributed by atoms with Crippen molar-refractivity contribution in [1.82, 2.24) is 0 Å². The summed E-state index contributed by atoms with van der Waals surface area (Å²) in [6, 6.07) is 5.63. The lowest BCUT2D eigenvalue weighted by atomic mass is 10.2. The second kappa shape index (κ2) is 9.00. The fraction of sp³-hybridized carbons (Fsp3) is 0.500. The van der Waals surface area contributed by atoms with E-state index in [0.717, 1.165) is 23.5 Å². The fourth-order valence-corrected chi connectivity index (χ4v) is 0.981. The van der Waals surface area contributed by atoms with E-state index in [0.29, 0.717) is 13.2 Å². The molecule has 0 unspecified atom stereocenters. The molecule has 4 N–H and O–H groups in total. The van der Waals surface area contributed by atoms with E-state index in [2.05, 4.69) is 0 Å². The van der Waals surface area contributed by atoms with E-state index >= 15 is 0 Å². The molecular formula is C12H22N2O2. The molecule has 0 spiro atoms. The second-order valence-electron chi connectivity index (χ2n) is 3.27. The van der Waals surface area contributed by atoms with E-state index in [1.165, 1.54) is 0 Å². The molecule has 1 aromatic carbocycles. The number of hydrogen-bond donors (Lipinski definition) is 2. The lowest BCUT2D eigenvalue weighted by Gasteiger charge is -2.07. The van der Waals surface area contributed by atoms with Gasteiger partial charge < -0.3 is 20.9 Å². The van der Waals surface area contributed by atoms with Crippen molar-refractivity contribution >= 4 is 5.69 Å². The molecule has 0 amide bonds. The molecule has 0 fully saturated rings. The van der Waals surface area contributed by atoms with Crippen LogP contribution >= 0.6 is 0 Å². The van der Waals surface area contributed by atoms with Crippen LogP contribution < -0.4 is 16.2 Å². The van der Waals surface area contributed by atoms with E-state index in [1.54, 1.807) is 7.11 Å². The average Bonchev–Trinajstić information content (AvgIpc) is 2.25. The van der Waals surface area contributed by atoms with E-state index < -0.39 is 0 Å². The highest BCUT2D eigenvalue weighted by Crippen LogP contribution is 2.18. The summed E-state index contributed by atoms with van der Waals surface area (Å²) in [7, 11) is 1.65. The van der Waals surface area contributed by atoms with Crippen LogP contribution in [0.3, 0.4) is 0 Å². The highest BCUT2D eigenvalue weighted by molar-refractivity contribution is 5.49. The van der Waals surface area contributed by atoms with Gasteiger partial charge in [0.2, 0.25) is 0 Å². The van der Waals surface area contributed by atoms with Crippen LogP contribution in [0.4, 0.5) is 5.69 Å². The minimum absolute atomic E-state index is 0.569. The van der Waals surface area contributed by atoms with Crippen molar-refractivity contribution in [3.8, 4) is 5.75 Å². The molecule has 0 aromatic heterocycles. The van der Waals surface area contributed by atoms with Crippen molar-refractivity contribution in [3.05, 3.63) is 23.8 Å². The van der Waals surface area contributed by atoms with Gasteiger partial charge in [0.05, 0.1) is 6.61 Å². The van der Waals surface area contributed by atoms with E-state index in [-0.39, 0.29) is 0 Å². The fourth-order valence-electron chi connectivity index (χ4n) is 0.981. The number of anilines is 1. The first-order valence-corrected chi connectivity index (χ1v) is 5.33. The quantitative estimate of drug-likeness (QED) is 0.604. The summed E-state index contributed by atoms with van der Waals surface area (Å²) in [6.07, 6.45) is 0. The van der Waals surface area contributed by atoms with Gasteiger partial charge >= 0.3 is 0 Å². The van der Waals surface area contributed by atoms with Crippen LogP contribution in [0.1, 0.15) is 12.5 Å². The van der Waals surface area contributed by atoms with Gasteiger partial charge in [0.1, 0.15) is 12.4 Å². The zero-order valence-electron chi connectivity index (χ0n) is 10.3. The van der Waals surface area contributed by atoms with Gasteiger partial charge in [-0.3, -0.25) is 0 Å². The molecule has 4 nitrogen and oxygen atoms in total. The minimum atomic E-state index is 0.569. The van der Waals surface area contributed by atoms with Crippen molar-refractivity contribution in [1.29, 1.82) is 0 Å². The van der Waals surface area contributed by atoms with Crippen molar-refractivity contribution in [2.24, 2.45) is 5.73 Å². The number of benzene rings is 1. The van der Waals surface area contributed by atoms with Crippen molar-refractivity contribution in [2.45, 2.75) is 13.8 Å². The summed E-state index contributed by atoms with van der Waals surface area (Å²) >= 11 is 0. The summed E-state index contributed by atoms with van der Waals surface area (Å²) < 4.78 is 10.3. The molecule has 0 aliphatic carbocycles. The topological polar surface area (TPSA) is 70.5 Å². The number of nitrogens with two attached hydrogens (primary N) is 2. The van der Waals surface area contributed by atoms with Gasteiger partial charge in [-0.2, -0.15) is 0 Å². The Hall–Kier alpha value is -1.26. The molecular weight excluding hydrogens is 204 g/mol. The molecule has 1 rings (SSSR count). The first kappa shape index (κ1) is 14.7. The SMILES string of the molecule is CCN.COCCOc1ccc(N)c(C)c1. The van der Waals surface area contributed by atoms with Crippen LogP contribution in [0.5, 0.6) is 5.75 Å². The molecule has 1 aromatic rings. The molecule has 0 bridgehead atoms. The lowest BCUT2D eigenvalue weighted by Crippen LogP contribution is -2.04. The predicted octanol–water partition coefficient (Wildman–Crippen LogP) is 1.57. The maximum Gasteiger partial charge on any atom is 0.119 e. The van der Waals surface area contributed by atoms with Crippen molar-refractivity contribution in [3.63, 3.8) is 0 Å². The van der Waals surface area contributed by atoms with Crippen LogP contribution in [-0.4, -0.2) is 26.9 Å². The van der Waals surface area contributed by atoms with Gasteiger partial charge in [-0.05, 0) is 37.2 Å². The van der Waals surface area contributed by atoms with Crippen LogP contribution in [0.25, 0.3) is 0 Å². The monoisotopic (exact) mass is 226 g/mol. The third-order valence-electron chi connectivity index (χ3n) is 1.80. The standard InChI is InChI=1S/C10H15NO2.C2H7N/c1-8-7-9(3-4-10(8)11)13-6-5-12-2;1-2-3/h3-4,7H,5-6,11H2,1-2H3;2-3H2,1H3. The highest BCUT2D eigenvalue weighted by atomic mass is 16.5.